The first-order valence-electron chi connectivity index (χ1n) is 8.12. The van der Waals surface area contributed by atoms with Crippen LogP contribution in [0.3, 0.4) is 0 Å². The quantitative estimate of drug-likeness (QED) is 0.874. The Morgan fingerprint density at radius 1 is 1.35 bits per heavy atom. The van der Waals surface area contributed by atoms with Crippen LogP contribution in [0.1, 0.15) is 32.8 Å². The first-order valence-corrected chi connectivity index (χ1v) is 8.12. The minimum atomic E-state index is -0.818. The van der Waals surface area contributed by atoms with E-state index < -0.39 is 6.09 Å². The van der Waals surface area contributed by atoms with Gasteiger partial charge in [0.2, 0.25) is 0 Å². The highest BCUT2D eigenvalue weighted by Gasteiger charge is 2.51. The van der Waals surface area contributed by atoms with Crippen LogP contribution in [0.2, 0.25) is 0 Å². The summed E-state index contributed by atoms with van der Waals surface area (Å²) in [4.78, 5) is 19.8. The molecular weight excluding hydrogens is 294 g/mol. The van der Waals surface area contributed by atoms with Gasteiger partial charge in [-0.05, 0) is 23.5 Å². The number of amides is 1. The van der Waals surface area contributed by atoms with E-state index in [4.69, 9.17) is 0 Å². The van der Waals surface area contributed by atoms with E-state index in [-0.39, 0.29) is 24.1 Å². The van der Waals surface area contributed by atoms with Gasteiger partial charge in [-0.1, -0.05) is 20.8 Å². The monoisotopic (exact) mass is 319 g/mol. The van der Waals surface area contributed by atoms with Crippen LogP contribution in [0.25, 0.3) is 0 Å². The highest BCUT2D eigenvalue weighted by Crippen LogP contribution is 2.43. The maximum atomic E-state index is 11.8. The van der Waals surface area contributed by atoms with Crippen molar-refractivity contribution < 1.29 is 15.0 Å². The van der Waals surface area contributed by atoms with E-state index >= 15 is 0 Å². The Balaban J connectivity index is 1.81. The largest absolute Gasteiger partial charge is 0.465 e. The lowest BCUT2D eigenvalue weighted by Gasteiger charge is -2.36. The van der Waals surface area contributed by atoms with E-state index in [1.807, 2.05) is 6.07 Å². The van der Waals surface area contributed by atoms with E-state index in [1.54, 1.807) is 17.3 Å². The van der Waals surface area contributed by atoms with Gasteiger partial charge < -0.3 is 15.1 Å². The molecule has 3 rings (SSSR count). The third kappa shape index (κ3) is 2.87. The zero-order valence-electron chi connectivity index (χ0n) is 13.9. The maximum absolute atomic E-state index is 11.8. The molecule has 3 atom stereocenters. The summed E-state index contributed by atoms with van der Waals surface area (Å²) in [6.07, 6.45) is 3.53. The smallest absolute Gasteiger partial charge is 0.407 e. The molecule has 6 nitrogen and oxygen atoms in total. The molecule has 0 spiro atoms. The van der Waals surface area contributed by atoms with Gasteiger partial charge >= 0.3 is 6.09 Å². The molecule has 1 aromatic rings. The third-order valence-electron chi connectivity index (χ3n) is 5.17. The van der Waals surface area contributed by atoms with Crippen LogP contribution in [0.4, 0.5) is 10.5 Å². The number of carboxylic acid groups (broad SMARTS) is 1. The van der Waals surface area contributed by atoms with E-state index in [0.717, 1.165) is 24.2 Å². The Labute approximate surface area is 136 Å². The fourth-order valence-electron chi connectivity index (χ4n) is 4.02. The number of fused-ring (bicyclic) bond motifs is 1. The number of anilines is 1. The van der Waals surface area contributed by atoms with E-state index in [0.29, 0.717) is 12.5 Å². The fourth-order valence-corrected chi connectivity index (χ4v) is 4.02. The van der Waals surface area contributed by atoms with Gasteiger partial charge in [0.25, 0.3) is 0 Å². The van der Waals surface area contributed by atoms with Gasteiger partial charge in [-0.3, -0.25) is 9.88 Å². The molecule has 23 heavy (non-hydrogen) atoms. The van der Waals surface area contributed by atoms with Crippen LogP contribution in [0, 0.1) is 11.3 Å². The van der Waals surface area contributed by atoms with Gasteiger partial charge in [-0.2, -0.15) is 0 Å². The van der Waals surface area contributed by atoms with Crippen molar-refractivity contribution in [3.8, 4) is 0 Å². The van der Waals surface area contributed by atoms with Crippen molar-refractivity contribution in [2.75, 3.05) is 18.0 Å². The first-order chi connectivity index (χ1) is 10.8. The second-order valence-corrected chi connectivity index (χ2v) is 7.75. The second-order valence-electron chi connectivity index (χ2n) is 7.75. The van der Waals surface area contributed by atoms with Crippen LogP contribution in [0.15, 0.2) is 18.5 Å². The van der Waals surface area contributed by atoms with Crippen LogP contribution < -0.4 is 4.90 Å². The average molecular weight is 319 g/mol. The minimum Gasteiger partial charge on any atom is -0.465 e. The summed E-state index contributed by atoms with van der Waals surface area (Å²) < 4.78 is 0. The Kier molecular flexibility index (Phi) is 3.96. The molecule has 0 radical (unpaired) electrons. The second kappa shape index (κ2) is 5.67. The highest BCUT2D eigenvalue weighted by atomic mass is 16.4. The molecular formula is C17H25N3O3. The third-order valence-corrected chi connectivity index (χ3v) is 5.17. The maximum Gasteiger partial charge on any atom is 0.407 e. The molecule has 0 saturated carbocycles. The Morgan fingerprint density at radius 2 is 2.09 bits per heavy atom. The van der Waals surface area contributed by atoms with Gasteiger partial charge in [0, 0.05) is 31.2 Å². The molecule has 2 fully saturated rings. The number of aliphatic hydroxyl groups excluding tert-OH is 1. The summed E-state index contributed by atoms with van der Waals surface area (Å²) in [7, 11) is 0. The molecule has 0 aliphatic carbocycles. The number of likely N-dealkylation sites (tertiary alicyclic amines) is 1. The predicted octanol–water partition coefficient (Wildman–Crippen LogP) is 2.18. The highest BCUT2D eigenvalue weighted by molar-refractivity contribution is 5.67. The summed E-state index contributed by atoms with van der Waals surface area (Å²) in [6, 6.07) is 2.04. The minimum absolute atomic E-state index is 0.0329. The van der Waals surface area contributed by atoms with Gasteiger partial charge in [0.15, 0.2) is 0 Å². The van der Waals surface area contributed by atoms with Crippen molar-refractivity contribution >= 4 is 11.8 Å². The Hall–Kier alpha value is -1.82. The van der Waals surface area contributed by atoms with Gasteiger partial charge in [-0.15, -0.1) is 0 Å². The SMILES string of the molecule is CC(C)(C)C1C[C@@H]2CN(c3cncc(CO)c3)C[C@@H]2N1C(=O)O. The number of aromatic nitrogens is 1. The molecule has 0 aromatic carbocycles. The molecule has 126 valence electrons. The Bertz CT molecular complexity index is 599. The summed E-state index contributed by atoms with van der Waals surface area (Å²) in [5, 5.41) is 19.0. The summed E-state index contributed by atoms with van der Waals surface area (Å²) >= 11 is 0. The van der Waals surface area contributed by atoms with Crippen LogP contribution >= 0.6 is 0 Å². The van der Waals surface area contributed by atoms with Gasteiger partial charge in [0.1, 0.15) is 0 Å². The van der Waals surface area contributed by atoms with Crippen LogP contribution in [0.5, 0.6) is 0 Å². The van der Waals surface area contributed by atoms with E-state index in [2.05, 4.69) is 30.7 Å². The molecule has 1 aromatic heterocycles. The van der Waals surface area contributed by atoms with Gasteiger partial charge in [-0.25, -0.2) is 4.79 Å². The zero-order chi connectivity index (χ0) is 16.8. The number of hydrogen-bond donors (Lipinski definition) is 2. The van der Waals surface area contributed by atoms with E-state index in [1.165, 1.54) is 0 Å². The van der Waals surface area contributed by atoms with Gasteiger partial charge in [0.05, 0.1) is 24.5 Å². The lowest BCUT2D eigenvalue weighted by molar-refractivity contribution is 0.0889. The number of nitrogens with zero attached hydrogens (tertiary/aromatic N) is 3. The van der Waals surface area contributed by atoms with Crippen molar-refractivity contribution in [1.29, 1.82) is 0 Å². The molecule has 6 heteroatoms. The molecule has 2 aliphatic rings. The topological polar surface area (TPSA) is 76.9 Å². The molecule has 2 saturated heterocycles. The van der Waals surface area contributed by atoms with Crippen molar-refractivity contribution in [2.24, 2.45) is 11.3 Å². The number of aliphatic hydroxyl groups is 1. The first kappa shape index (κ1) is 16.1. The lowest BCUT2D eigenvalue weighted by Crippen LogP contribution is -2.48. The number of rotatable bonds is 2. The van der Waals surface area contributed by atoms with Crippen molar-refractivity contribution in [1.82, 2.24) is 9.88 Å². The number of carbonyl (C=O) groups is 1. The summed E-state index contributed by atoms with van der Waals surface area (Å²) in [6.45, 7) is 7.84. The predicted molar refractivity (Wildman–Crippen MR) is 87.4 cm³/mol. The standard InChI is InChI=1S/C17H25N3O3/c1-17(2,3)15-5-12-8-19(9-14(12)20(15)16(22)23)13-4-11(10-21)6-18-7-13/h4,6-7,12,14-15,21H,5,8-10H2,1-3H3,(H,22,23)/t12-,14+,15?/m1/s1. The molecule has 2 N–H and O–H groups in total. The Morgan fingerprint density at radius 3 is 2.70 bits per heavy atom. The van der Waals surface area contributed by atoms with Crippen molar-refractivity contribution in [3.63, 3.8) is 0 Å². The lowest BCUT2D eigenvalue weighted by atomic mass is 9.84. The zero-order valence-corrected chi connectivity index (χ0v) is 13.9. The molecule has 0 bridgehead atoms. The molecule has 1 unspecified atom stereocenters. The van der Waals surface area contributed by atoms with Crippen LogP contribution in [-0.2, 0) is 6.61 Å². The van der Waals surface area contributed by atoms with Crippen molar-refractivity contribution in [3.05, 3.63) is 24.0 Å². The molecule has 1 amide bonds. The number of pyridine rings is 1. The fraction of sp³-hybridized carbons (Fsp3) is 0.647. The average Bonchev–Trinajstić information content (AvgIpc) is 3.03. The number of hydrogen-bond acceptors (Lipinski definition) is 4. The normalized spacial score (nSPS) is 27.4. The summed E-state index contributed by atoms with van der Waals surface area (Å²) in [5.41, 5.74) is 1.69. The van der Waals surface area contributed by atoms with Crippen LogP contribution in [-0.4, -0.2) is 51.4 Å². The molecule has 3 heterocycles. The van der Waals surface area contributed by atoms with Crippen molar-refractivity contribution in [2.45, 2.75) is 45.9 Å². The molecule has 2 aliphatic heterocycles. The summed E-state index contributed by atoms with van der Waals surface area (Å²) in [5.74, 6) is 0.355. The van der Waals surface area contributed by atoms with E-state index in [9.17, 15) is 15.0 Å².